The maximum atomic E-state index is 13.4. The Morgan fingerprint density at radius 1 is 1.37 bits per heavy atom. The molecule has 19 heavy (non-hydrogen) atoms. The Bertz CT molecular complexity index is 427. The van der Waals surface area contributed by atoms with Crippen molar-refractivity contribution in [1.82, 2.24) is 0 Å². The first-order valence-electron chi connectivity index (χ1n) is 6.29. The van der Waals surface area contributed by atoms with Crippen LogP contribution in [-0.4, -0.2) is 37.9 Å². The summed E-state index contributed by atoms with van der Waals surface area (Å²) in [5.74, 6) is 0.244. The molecular weight excluding hydrogens is 271 g/mol. The van der Waals surface area contributed by atoms with Gasteiger partial charge in [0.1, 0.15) is 23.8 Å². The first-order valence-corrected chi connectivity index (χ1v) is 6.73. The molecule has 5 heteroatoms. The van der Waals surface area contributed by atoms with Crippen LogP contribution in [0.15, 0.2) is 18.2 Å². The average Bonchev–Trinajstić information content (AvgIpc) is 2.38. The van der Waals surface area contributed by atoms with Gasteiger partial charge in [-0.3, -0.25) is 0 Å². The van der Waals surface area contributed by atoms with Crippen molar-refractivity contribution in [2.24, 2.45) is 0 Å². The van der Waals surface area contributed by atoms with E-state index in [1.807, 2.05) is 0 Å². The lowest BCUT2D eigenvalue weighted by atomic mass is 9.91. The molecule has 0 heterocycles. The third-order valence-electron chi connectivity index (χ3n) is 3.21. The molecule has 0 aromatic heterocycles. The molecule has 0 aliphatic heterocycles. The maximum Gasteiger partial charge on any atom is 0.129 e. The minimum atomic E-state index is -0.268. The van der Waals surface area contributed by atoms with E-state index in [-0.39, 0.29) is 23.4 Å². The third kappa shape index (κ3) is 3.59. The van der Waals surface area contributed by atoms with Gasteiger partial charge >= 0.3 is 0 Å². The number of hydrogen-bond donors (Lipinski definition) is 0. The van der Waals surface area contributed by atoms with E-state index < -0.39 is 0 Å². The molecule has 1 saturated carbocycles. The fourth-order valence-electron chi connectivity index (χ4n) is 1.94. The van der Waals surface area contributed by atoms with Crippen LogP contribution in [0.3, 0.4) is 0 Å². The highest BCUT2D eigenvalue weighted by Crippen LogP contribution is 2.33. The summed E-state index contributed by atoms with van der Waals surface area (Å²) in [6.45, 7) is 2.71. The van der Waals surface area contributed by atoms with Crippen molar-refractivity contribution in [3.05, 3.63) is 29.6 Å². The van der Waals surface area contributed by atoms with Crippen LogP contribution in [0, 0.1) is 12.7 Å². The summed E-state index contributed by atoms with van der Waals surface area (Å²) < 4.78 is 29.6. The molecule has 0 spiro atoms. The quantitative estimate of drug-likeness (QED) is 0.595. The van der Waals surface area contributed by atoms with Crippen LogP contribution in [0.2, 0.25) is 0 Å². The Labute approximate surface area is 117 Å². The fourth-order valence-corrected chi connectivity index (χ4v) is 2.35. The molecule has 1 fully saturated rings. The molecule has 106 valence electrons. The third-order valence-corrected chi connectivity index (χ3v) is 3.64. The number of methoxy groups -OCH3 is 1. The van der Waals surface area contributed by atoms with Gasteiger partial charge in [-0.2, -0.15) is 0 Å². The van der Waals surface area contributed by atoms with Crippen molar-refractivity contribution in [2.75, 3.05) is 20.3 Å². The van der Waals surface area contributed by atoms with Gasteiger partial charge in [-0.25, -0.2) is 4.39 Å². The first-order chi connectivity index (χ1) is 9.11. The predicted octanol–water partition coefficient (Wildman–Crippen LogP) is 2.92. The van der Waals surface area contributed by atoms with Crippen LogP contribution in [0.4, 0.5) is 4.39 Å². The average molecular weight is 289 g/mol. The molecular formula is C14H18ClFO3. The number of ether oxygens (including phenoxy) is 3. The summed E-state index contributed by atoms with van der Waals surface area (Å²) in [7, 11) is 1.62. The summed E-state index contributed by atoms with van der Waals surface area (Å²) in [5, 5.41) is -0.0582. The summed E-state index contributed by atoms with van der Waals surface area (Å²) in [5.41, 5.74) is 0.601. The van der Waals surface area contributed by atoms with Crippen LogP contribution >= 0.6 is 11.6 Å². The maximum absolute atomic E-state index is 13.4. The second-order valence-electron chi connectivity index (χ2n) is 4.65. The summed E-state index contributed by atoms with van der Waals surface area (Å²) in [6, 6.07) is 4.84. The van der Waals surface area contributed by atoms with Crippen LogP contribution in [-0.2, 0) is 9.47 Å². The van der Waals surface area contributed by atoms with Crippen LogP contribution in [0.5, 0.6) is 5.75 Å². The molecule has 0 N–H and O–H groups in total. The van der Waals surface area contributed by atoms with Gasteiger partial charge in [0.05, 0.1) is 18.6 Å². The van der Waals surface area contributed by atoms with Gasteiger partial charge in [-0.05, 0) is 18.6 Å². The first kappa shape index (κ1) is 14.6. The van der Waals surface area contributed by atoms with E-state index in [0.29, 0.717) is 30.9 Å². The Morgan fingerprint density at radius 2 is 2.16 bits per heavy atom. The van der Waals surface area contributed by atoms with Gasteiger partial charge in [0.25, 0.3) is 0 Å². The zero-order chi connectivity index (χ0) is 13.8. The normalized spacial score (nSPS) is 26.0. The highest BCUT2D eigenvalue weighted by molar-refractivity contribution is 6.21. The molecule has 1 aromatic rings. The van der Waals surface area contributed by atoms with E-state index in [2.05, 4.69) is 0 Å². The molecule has 3 unspecified atom stereocenters. The molecule has 1 aliphatic carbocycles. The molecule has 2 rings (SSSR count). The number of benzene rings is 1. The van der Waals surface area contributed by atoms with Crippen molar-refractivity contribution in [3.63, 3.8) is 0 Å². The predicted molar refractivity (Wildman–Crippen MR) is 71.4 cm³/mol. The Morgan fingerprint density at radius 3 is 2.79 bits per heavy atom. The molecule has 0 radical (unpaired) electrons. The lowest BCUT2D eigenvalue weighted by Crippen LogP contribution is -2.53. The van der Waals surface area contributed by atoms with E-state index in [9.17, 15) is 4.39 Å². The summed E-state index contributed by atoms with van der Waals surface area (Å²) in [6.07, 6.45) is 0.414. The topological polar surface area (TPSA) is 27.7 Å². The lowest BCUT2D eigenvalue weighted by Gasteiger charge is -2.40. The minimum absolute atomic E-state index is 0.0582. The van der Waals surface area contributed by atoms with Gasteiger partial charge in [-0.1, -0.05) is 6.07 Å². The van der Waals surface area contributed by atoms with Crippen molar-refractivity contribution in [1.29, 1.82) is 0 Å². The smallest absolute Gasteiger partial charge is 0.129 e. The zero-order valence-corrected chi connectivity index (χ0v) is 11.8. The van der Waals surface area contributed by atoms with Crippen molar-refractivity contribution < 1.29 is 18.6 Å². The van der Waals surface area contributed by atoms with Gasteiger partial charge < -0.3 is 14.2 Å². The van der Waals surface area contributed by atoms with Gasteiger partial charge in [-0.15, -0.1) is 11.6 Å². The number of rotatable bonds is 6. The fraction of sp³-hybridized carbons (Fsp3) is 0.571. The molecule has 0 saturated heterocycles. The Hall–Kier alpha value is -0.840. The second-order valence-corrected chi connectivity index (χ2v) is 5.21. The van der Waals surface area contributed by atoms with Gasteiger partial charge in [0, 0.05) is 19.6 Å². The van der Waals surface area contributed by atoms with Crippen molar-refractivity contribution in [3.8, 4) is 5.75 Å². The van der Waals surface area contributed by atoms with Gasteiger partial charge in [0.2, 0.25) is 0 Å². The molecule has 0 amide bonds. The van der Waals surface area contributed by atoms with Crippen molar-refractivity contribution in [2.45, 2.75) is 30.9 Å². The van der Waals surface area contributed by atoms with Crippen molar-refractivity contribution >= 4 is 11.6 Å². The number of aryl methyl sites for hydroxylation is 1. The minimum Gasteiger partial charge on any atom is -0.487 e. The number of hydrogen-bond acceptors (Lipinski definition) is 3. The monoisotopic (exact) mass is 288 g/mol. The number of alkyl halides is 1. The van der Waals surface area contributed by atoms with Crippen LogP contribution in [0.1, 0.15) is 12.0 Å². The van der Waals surface area contributed by atoms with E-state index in [1.165, 1.54) is 6.07 Å². The standard InChI is InChI=1S/C14H18ClFO3/c1-9-3-4-10(7-12(9)16)19-13-8-11(15)14(13)18-6-5-17-2/h3-4,7,11,13-14H,5-6,8H2,1-2H3. The number of halogens is 2. The largest absolute Gasteiger partial charge is 0.487 e. The van der Waals surface area contributed by atoms with E-state index in [1.54, 1.807) is 26.2 Å². The highest BCUT2D eigenvalue weighted by Gasteiger charge is 2.42. The molecule has 0 bridgehead atoms. The summed E-state index contributed by atoms with van der Waals surface area (Å²) in [4.78, 5) is 0. The molecule has 3 atom stereocenters. The zero-order valence-electron chi connectivity index (χ0n) is 11.1. The van der Waals surface area contributed by atoms with E-state index in [0.717, 1.165) is 0 Å². The molecule has 1 aromatic carbocycles. The lowest BCUT2D eigenvalue weighted by molar-refractivity contribution is -0.0899. The van der Waals surface area contributed by atoms with E-state index >= 15 is 0 Å². The molecule has 1 aliphatic rings. The van der Waals surface area contributed by atoms with Gasteiger partial charge in [0.15, 0.2) is 0 Å². The summed E-state index contributed by atoms with van der Waals surface area (Å²) >= 11 is 6.09. The molecule has 3 nitrogen and oxygen atoms in total. The highest BCUT2D eigenvalue weighted by atomic mass is 35.5. The van der Waals surface area contributed by atoms with E-state index in [4.69, 9.17) is 25.8 Å². The Kier molecular flexibility index (Phi) is 5.02. The van der Waals surface area contributed by atoms with Crippen LogP contribution in [0.25, 0.3) is 0 Å². The SMILES string of the molecule is COCCOC1C(Cl)CC1Oc1ccc(C)c(F)c1. The van der Waals surface area contributed by atoms with Crippen LogP contribution < -0.4 is 4.74 Å². The second kappa shape index (κ2) is 6.55. The Balaban J connectivity index is 1.89.